The monoisotopic (exact) mass is 452 g/mol. The fourth-order valence-corrected chi connectivity index (χ4v) is 4.91. The molecule has 2 aromatic heterocycles. The zero-order valence-corrected chi connectivity index (χ0v) is 19.0. The molecule has 0 radical (unpaired) electrons. The van der Waals surface area contributed by atoms with Crippen molar-refractivity contribution in [3.8, 4) is 11.4 Å². The van der Waals surface area contributed by atoms with Crippen molar-refractivity contribution in [2.75, 3.05) is 26.5 Å². The van der Waals surface area contributed by atoms with Gasteiger partial charge in [-0.05, 0) is 32.6 Å². The first-order valence-electron chi connectivity index (χ1n) is 10.8. The summed E-state index contributed by atoms with van der Waals surface area (Å²) < 4.78 is 21.6. The van der Waals surface area contributed by atoms with E-state index in [0.29, 0.717) is 35.7 Å². The highest BCUT2D eigenvalue weighted by molar-refractivity contribution is 5.91. The van der Waals surface area contributed by atoms with Crippen molar-refractivity contribution in [1.29, 1.82) is 0 Å². The van der Waals surface area contributed by atoms with Gasteiger partial charge in [-0.1, -0.05) is 6.92 Å². The molecule has 0 aliphatic carbocycles. The molecule has 0 spiro atoms. The molecule has 0 unspecified atom stereocenters. The summed E-state index contributed by atoms with van der Waals surface area (Å²) in [6.07, 6.45) is 0.0750. The number of esters is 1. The van der Waals surface area contributed by atoms with Gasteiger partial charge in [0.25, 0.3) is 5.56 Å². The molecule has 0 saturated heterocycles. The molecule has 33 heavy (non-hydrogen) atoms. The Labute approximate surface area is 189 Å². The summed E-state index contributed by atoms with van der Waals surface area (Å²) in [6, 6.07) is 5.00. The van der Waals surface area contributed by atoms with Crippen LogP contribution >= 0.6 is 0 Å². The average Bonchev–Trinajstić information content (AvgIpc) is 3.13. The first-order chi connectivity index (χ1) is 15.7. The minimum absolute atomic E-state index is 0.0750. The summed E-state index contributed by atoms with van der Waals surface area (Å²) in [5.41, 5.74) is 1.90. The van der Waals surface area contributed by atoms with E-state index in [2.05, 4.69) is 5.32 Å². The van der Waals surface area contributed by atoms with Crippen LogP contribution in [-0.4, -0.2) is 46.7 Å². The van der Waals surface area contributed by atoms with Crippen LogP contribution in [0.5, 0.6) is 0 Å². The number of rotatable bonds is 4. The summed E-state index contributed by atoms with van der Waals surface area (Å²) in [6.45, 7) is 2.29. The molecule has 9 heteroatoms. The number of nitrogens with one attached hydrogen (secondary N) is 1. The Morgan fingerprint density at radius 3 is 2.73 bits per heavy atom. The summed E-state index contributed by atoms with van der Waals surface area (Å²) >= 11 is 0. The maximum absolute atomic E-state index is 14.9. The minimum atomic E-state index is -1.88. The molecule has 2 aliphatic rings. The molecule has 0 amide bonds. The summed E-state index contributed by atoms with van der Waals surface area (Å²) in [4.78, 5) is 32.3. The number of carbonyl (C=O) groups is 1. The first kappa shape index (κ1) is 21.5. The molecule has 0 saturated carbocycles. The molecule has 0 fully saturated rings. The molecule has 4 heterocycles. The van der Waals surface area contributed by atoms with Crippen molar-refractivity contribution in [2.24, 2.45) is 0 Å². The van der Waals surface area contributed by atoms with Gasteiger partial charge in [0.2, 0.25) is 0 Å². The topological polar surface area (TPSA) is 96.7 Å². The molecule has 2 aliphatic heterocycles. The van der Waals surface area contributed by atoms with Crippen LogP contribution in [0.2, 0.25) is 0 Å². The van der Waals surface area contributed by atoms with Gasteiger partial charge >= 0.3 is 5.97 Å². The Morgan fingerprint density at radius 2 is 2.06 bits per heavy atom. The quantitative estimate of drug-likeness (QED) is 0.459. The Morgan fingerprint density at radius 1 is 1.30 bits per heavy atom. The lowest BCUT2D eigenvalue weighted by Gasteiger charge is -2.31. The SMILES string of the molecule is CC[C@@]1(O)C(=O)OCc2c1cc1n(c2=O)Cc2cc3c(CN(C)C)c(NC)c(F)cc3nc2-1. The largest absolute Gasteiger partial charge is 0.458 e. The van der Waals surface area contributed by atoms with Gasteiger partial charge in [0.15, 0.2) is 5.60 Å². The number of pyridine rings is 2. The van der Waals surface area contributed by atoms with Gasteiger partial charge in [-0.3, -0.25) is 4.79 Å². The highest BCUT2D eigenvalue weighted by Crippen LogP contribution is 2.40. The molecule has 1 atom stereocenters. The molecule has 1 aromatic carbocycles. The first-order valence-corrected chi connectivity index (χ1v) is 10.8. The van der Waals surface area contributed by atoms with E-state index in [-0.39, 0.29) is 29.7 Å². The van der Waals surface area contributed by atoms with Crippen molar-refractivity contribution in [3.05, 3.63) is 56.6 Å². The van der Waals surface area contributed by atoms with Crippen LogP contribution in [0.4, 0.5) is 10.1 Å². The van der Waals surface area contributed by atoms with Gasteiger partial charge in [-0.15, -0.1) is 0 Å². The Kier molecular flexibility index (Phi) is 4.80. The lowest BCUT2D eigenvalue weighted by atomic mass is 9.86. The second-order valence-electron chi connectivity index (χ2n) is 8.87. The highest BCUT2D eigenvalue weighted by Gasteiger charge is 2.45. The van der Waals surface area contributed by atoms with E-state index in [1.165, 1.54) is 6.07 Å². The number of hydrogen-bond donors (Lipinski definition) is 2. The maximum Gasteiger partial charge on any atom is 0.343 e. The van der Waals surface area contributed by atoms with Gasteiger partial charge in [-0.2, -0.15) is 0 Å². The number of fused-ring (bicyclic) bond motifs is 5. The molecule has 172 valence electrons. The van der Waals surface area contributed by atoms with E-state index in [1.807, 2.05) is 25.1 Å². The van der Waals surface area contributed by atoms with Crippen LogP contribution in [0.25, 0.3) is 22.3 Å². The lowest BCUT2D eigenvalue weighted by molar-refractivity contribution is -0.172. The van der Waals surface area contributed by atoms with Gasteiger partial charge in [-0.25, -0.2) is 14.2 Å². The lowest BCUT2D eigenvalue weighted by Crippen LogP contribution is -2.44. The number of aromatic nitrogens is 2. The van der Waals surface area contributed by atoms with E-state index in [0.717, 1.165) is 16.5 Å². The summed E-state index contributed by atoms with van der Waals surface area (Å²) in [7, 11) is 5.51. The summed E-state index contributed by atoms with van der Waals surface area (Å²) in [5.74, 6) is -1.17. The smallest absolute Gasteiger partial charge is 0.343 e. The molecule has 0 bridgehead atoms. The predicted molar refractivity (Wildman–Crippen MR) is 121 cm³/mol. The molecule has 3 aromatic rings. The molecule has 5 rings (SSSR count). The normalized spacial score (nSPS) is 18.8. The van der Waals surface area contributed by atoms with E-state index < -0.39 is 17.4 Å². The third-order valence-electron chi connectivity index (χ3n) is 6.60. The number of cyclic esters (lactones) is 1. The van der Waals surface area contributed by atoms with Crippen molar-refractivity contribution >= 4 is 22.6 Å². The zero-order valence-electron chi connectivity index (χ0n) is 19.0. The molecular weight excluding hydrogens is 427 g/mol. The molecular formula is C24H25FN4O4. The standard InChI is InChI=1S/C24H25FN4O4/c1-5-24(32)16-7-19-20-12(9-29(19)22(30)15(16)11-33-23(24)31)6-13-14(10-28(3)4)21(26-2)17(25)8-18(13)27-20/h6-8,26,32H,5,9-11H2,1-4H3/t24-/m0/s1. The second-order valence-corrected chi connectivity index (χ2v) is 8.87. The number of anilines is 1. The Balaban J connectivity index is 1.77. The number of ether oxygens (including phenoxy) is 1. The Bertz CT molecular complexity index is 1400. The third kappa shape index (κ3) is 2.99. The van der Waals surface area contributed by atoms with Gasteiger partial charge in [0.1, 0.15) is 12.4 Å². The van der Waals surface area contributed by atoms with E-state index in [1.54, 1.807) is 24.6 Å². The highest BCUT2D eigenvalue weighted by atomic mass is 19.1. The van der Waals surface area contributed by atoms with Gasteiger partial charge in [0, 0.05) is 41.7 Å². The number of benzene rings is 1. The van der Waals surface area contributed by atoms with Crippen molar-refractivity contribution in [3.63, 3.8) is 0 Å². The number of halogens is 1. The maximum atomic E-state index is 14.9. The van der Waals surface area contributed by atoms with Gasteiger partial charge < -0.3 is 24.6 Å². The van der Waals surface area contributed by atoms with Crippen molar-refractivity contribution in [2.45, 2.75) is 38.6 Å². The van der Waals surface area contributed by atoms with Crippen LogP contribution in [0.3, 0.4) is 0 Å². The van der Waals surface area contributed by atoms with Crippen LogP contribution < -0.4 is 10.9 Å². The number of nitrogens with zero attached hydrogens (tertiary/aromatic N) is 3. The fraction of sp³-hybridized carbons (Fsp3) is 0.375. The van der Waals surface area contributed by atoms with E-state index in [9.17, 15) is 19.1 Å². The number of aliphatic hydroxyl groups is 1. The van der Waals surface area contributed by atoms with Crippen LogP contribution in [0.1, 0.15) is 35.6 Å². The van der Waals surface area contributed by atoms with Crippen molar-refractivity contribution < 1.29 is 19.0 Å². The third-order valence-corrected chi connectivity index (χ3v) is 6.60. The van der Waals surface area contributed by atoms with E-state index in [4.69, 9.17) is 9.72 Å². The number of hydrogen-bond acceptors (Lipinski definition) is 7. The minimum Gasteiger partial charge on any atom is -0.458 e. The fourth-order valence-electron chi connectivity index (χ4n) is 4.91. The zero-order chi connectivity index (χ0) is 23.7. The Hall–Kier alpha value is -3.30. The van der Waals surface area contributed by atoms with E-state index >= 15 is 0 Å². The predicted octanol–water partition coefficient (Wildman–Crippen LogP) is 2.32. The molecule has 2 N–H and O–H groups in total. The van der Waals surface area contributed by atoms with Crippen LogP contribution in [0, 0.1) is 5.82 Å². The van der Waals surface area contributed by atoms with Crippen molar-refractivity contribution in [1.82, 2.24) is 14.5 Å². The van der Waals surface area contributed by atoms with Crippen LogP contribution in [0.15, 0.2) is 23.0 Å². The summed E-state index contributed by atoms with van der Waals surface area (Å²) in [5, 5.41) is 14.7. The number of carbonyl (C=O) groups excluding carboxylic acids is 1. The van der Waals surface area contributed by atoms with Gasteiger partial charge in [0.05, 0.1) is 34.7 Å². The average molecular weight is 452 g/mol. The second kappa shape index (κ2) is 7.36. The van der Waals surface area contributed by atoms with Crippen LogP contribution in [-0.2, 0) is 34.8 Å². The molecule has 8 nitrogen and oxygen atoms in total.